The van der Waals surface area contributed by atoms with Crippen molar-refractivity contribution in [1.82, 2.24) is 0 Å². The maximum Gasteiger partial charge on any atom is 0.204 e. The van der Waals surface area contributed by atoms with Crippen LogP contribution in [-0.2, 0) is 7.05 Å². The van der Waals surface area contributed by atoms with Crippen molar-refractivity contribution in [3.8, 4) is 5.75 Å². The molecule has 0 atom stereocenters. The predicted molar refractivity (Wildman–Crippen MR) is 69.5 cm³/mol. The number of hydrogen-bond acceptors (Lipinski definition) is 1. The lowest BCUT2D eigenvalue weighted by Gasteiger charge is -1.98. The highest BCUT2D eigenvalue weighted by atomic mass is 16.5. The Morgan fingerprint density at radius 2 is 1.76 bits per heavy atom. The van der Waals surface area contributed by atoms with Crippen LogP contribution in [0.2, 0.25) is 0 Å². The van der Waals surface area contributed by atoms with Gasteiger partial charge in [0.1, 0.15) is 12.8 Å². The SMILES string of the molecule is COc1ccc(C=Cc2cccc[n+]2C)cc1. The van der Waals surface area contributed by atoms with Gasteiger partial charge in [0, 0.05) is 18.2 Å². The topological polar surface area (TPSA) is 13.1 Å². The first-order valence-electron chi connectivity index (χ1n) is 5.56. The molecule has 86 valence electrons. The van der Waals surface area contributed by atoms with Gasteiger partial charge in [0.25, 0.3) is 0 Å². The van der Waals surface area contributed by atoms with E-state index < -0.39 is 0 Å². The second kappa shape index (κ2) is 5.30. The fourth-order valence-electron chi connectivity index (χ4n) is 1.61. The molecule has 2 heteroatoms. The van der Waals surface area contributed by atoms with E-state index in [0.717, 1.165) is 11.3 Å². The number of nitrogens with zero attached hydrogens (tertiary/aromatic N) is 1. The molecular weight excluding hydrogens is 210 g/mol. The third kappa shape index (κ3) is 2.94. The summed E-state index contributed by atoms with van der Waals surface area (Å²) in [4.78, 5) is 0. The normalized spacial score (nSPS) is 10.7. The van der Waals surface area contributed by atoms with Gasteiger partial charge in [0.2, 0.25) is 5.69 Å². The van der Waals surface area contributed by atoms with Gasteiger partial charge in [0.05, 0.1) is 7.11 Å². The molecular formula is C15H16NO+. The summed E-state index contributed by atoms with van der Waals surface area (Å²) in [5, 5.41) is 0. The van der Waals surface area contributed by atoms with E-state index in [2.05, 4.69) is 22.8 Å². The van der Waals surface area contributed by atoms with Crippen LogP contribution in [0.1, 0.15) is 11.3 Å². The average Bonchev–Trinajstić information content (AvgIpc) is 2.38. The highest BCUT2D eigenvalue weighted by Gasteiger charge is 1.98. The largest absolute Gasteiger partial charge is 0.497 e. The van der Waals surface area contributed by atoms with E-state index in [1.54, 1.807) is 7.11 Å². The zero-order chi connectivity index (χ0) is 12.1. The number of aromatic nitrogens is 1. The summed E-state index contributed by atoms with van der Waals surface area (Å²) in [5.74, 6) is 0.882. The van der Waals surface area contributed by atoms with E-state index >= 15 is 0 Å². The molecule has 2 nitrogen and oxygen atoms in total. The Morgan fingerprint density at radius 3 is 2.41 bits per heavy atom. The lowest BCUT2D eigenvalue weighted by Crippen LogP contribution is -2.30. The molecule has 1 aromatic heterocycles. The quantitative estimate of drug-likeness (QED) is 0.733. The van der Waals surface area contributed by atoms with Crippen LogP contribution in [0.3, 0.4) is 0 Å². The standard InChI is InChI=1S/C15H16NO/c1-16-12-4-3-5-14(16)9-6-13-7-10-15(17-2)11-8-13/h3-12H,1-2H3/q+1. The molecule has 0 N–H and O–H groups in total. The van der Waals surface area contributed by atoms with Gasteiger partial charge >= 0.3 is 0 Å². The van der Waals surface area contributed by atoms with Gasteiger partial charge in [0.15, 0.2) is 6.20 Å². The summed E-state index contributed by atoms with van der Waals surface area (Å²) < 4.78 is 7.21. The molecule has 0 aliphatic rings. The van der Waals surface area contributed by atoms with Crippen LogP contribution in [-0.4, -0.2) is 7.11 Å². The molecule has 2 aromatic rings. The van der Waals surface area contributed by atoms with Gasteiger partial charge in [-0.25, -0.2) is 4.57 Å². The lowest BCUT2D eigenvalue weighted by atomic mass is 10.2. The summed E-state index contributed by atoms with van der Waals surface area (Å²) in [6.07, 6.45) is 6.23. The number of hydrogen-bond donors (Lipinski definition) is 0. The molecule has 0 radical (unpaired) electrons. The minimum Gasteiger partial charge on any atom is -0.497 e. The summed E-state index contributed by atoms with van der Waals surface area (Å²) >= 11 is 0. The highest BCUT2D eigenvalue weighted by molar-refractivity contribution is 5.67. The predicted octanol–water partition coefficient (Wildman–Crippen LogP) is 2.69. The second-order valence-corrected chi connectivity index (χ2v) is 3.84. The third-order valence-corrected chi connectivity index (χ3v) is 2.66. The maximum absolute atomic E-state index is 5.12. The molecule has 0 spiro atoms. The number of pyridine rings is 1. The Bertz CT molecular complexity index is 515. The van der Waals surface area contributed by atoms with Crippen LogP contribution < -0.4 is 9.30 Å². The van der Waals surface area contributed by atoms with E-state index in [9.17, 15) is 0 Å². The Hall–Kier alpha value is -2.09. The van der Waals surface area contributed by atoms with Crippen LogP contribution >= 0.6 is 0 Å². The van der Waals surface area contributed by atoms with Crippen molar-refractivity contribution in [2.45, 2.75) is 0 Å². The van der Waals surface area contributed by atoms with E-state index in [0.29, 0.717) is 0 Å². The van der Waals surface area contributed by atoms with Crippen molar-refractivity contribution in [2.75, 3.05) is 7.11 Å². The molecule has 0 aliphatic carbocycles. The lowest BCUT2D eigenvalue weighted by molar-refractivity contribution is -0.673. The molecule has 1 heterocycles. The molecule has 0 bridgehead atoms. The highest BCUT2D eigenvalue weighted by Crippen LogP contribution is 2.13. The number of rotatable bonds is 3. The molecule has 0 saturated carbocycles. The van der Waals surface area contributed by atoms with Gasteiger partial charge in [-0.05, 0) is 29.8 Å². The molecule has 2 rings (SSSR count). The first-order valence-corrected chi connectivity index (χ1v) is 5.56. The van der Waals surface area contributed by atoms with Crippen molar-refractivity contribution in [3.63, 3.8) is 0 Å². The maximum atomic E-state index is 5.12. The van der Waals surface area contributed by atoms with Gasteiger partial charge in [-0.2, -0.15) is 0 Å². The van der Waals surface area contributed by atoms with Crippen molar-refractivity contribution in [1.29, 1.82) is 0 Å². The van der Waals surface area contributed by atoms with Crippen LogP contribution in [0.25, 0.3) is 12.2 Å². The molecule has 0 amide bonds. The molecule has 0 fully saturated rings. The molecule has 1 aromatic carbocycles. The van der Waals surface area contributed by atoms with Crippen molar-refractivity contribution < 1.29 is 9.30 Å². The van der Waals surface area contributed by atoms with Gasteiger partial charge in [-0.15, -0.1) is 0 Å². The first-order chi connectivity index (χ1) is 8.29. The van der Waals surface area contributed by atoms with Gasteiger partial charge in [-0.1, -0.05) is 12.1 Å². The monoisotopic (exact) mass is 226 g/mol. The molecule has 0 aliphatic heterocycles. The Morgan fingerprint density at radius 1 is 1.00 bits per heavy atom. The number of aryl methyl sites for hydroxylation is 1. The second-order valence-electron chi connectivity index (χ2n) is 3.84. The van der Waals surface area contributed by atoms with Crippen LogP contribution in [0.4, 0.5) is 0 Å². The van der Waals surface area contributed by atoms with Crippen LogP contribution in [0.15, 0.2) is 48.7 Å². The average molecular weight is 226 g/mol. The zero-order valence-electron chi connectivity index (χ0n) is 10.1. The first kappa shape index (κ1) is 11.4. The van der Waals surface area contributed by atoms with E-state index in [1.165, 1.54) is 5.69 Å². The summed E-state index contributed by atoms with van der Waals surface area (Å²) in [7, 11) is 3.71. The number of benzene rings is 1. The van der Waals surface area contributed by atoms with Crippen molar-refractivity contribution in [3.05, 3.63) is 59.9 Å². The zero-order valence-corrected chi connectivity index (χ0v) is 10.1. The number of ether oxygens (including phenoxy) is 1. The van der Waals surface area contributed by atoms with E-state index in [-0.39, 0.29) is 0 Å². The van der Waals surface area contributed by atoms with Crippen molar-refractivity contribution >= 4 is 12.2 Å². The van der Waals surface area contributed by atoms with E-state index in [1.807, 2.05) is 49.6 Å². The Labute approximate surface area is 102 Å². The Kier molecular flexibility index (Phi) is 3.55. The van der Waals surface area contributed by atoms with Gasteiger partial charge < -0.3 is 4.74 Å². The summed E-state index contributed by atoms with van der Waals surface area (Å²) in [5.41, 5.74) is 2.33. The molecule has 0 saturated heterocycles. The van der Waals surface area contributed by atoms with Crippen molar-refractivity contribution in [2.24, 2.45) is 7.05 Å². The minimum atomic E-state index is 0.882. The summed E-state index contributed by atoms with van der Waals surface area (Å²) in [6, 6.07) is 14.1. The van der Waals surface area contributed by atoms with Crippen LogP contribution in [0.5, 0.6) is 5.75 Å². The Balaban J connectivity index is 2.17. The molecule has 0 unspecified atom stereocenters. The van der Waals surface area contributed by atoms with E-state index in [4.69, 9.17) is 4.74 Å². The fourth-order valence-corrected chi connectivity index (χ4v) is 1.61. The molecule has 17 heavy (non-hydrogen) atoms. The summed E-state index contributed by atoms with van der Waals surface area (Å²) in [6.45, 7) is 0. The number of methoxy groups -OCH3 is 1. The van der Waals surface area contributed by atoms with Crippen LogP contribution in [0, 0.1) is 0 Å². The van der Waals surface area contributed by atoms with Gasteiger partial charge in [-0.3, -0.25) is 0 Å². The third-order valence-electron chi connectivity index (χ3n) is 2.66. The fraction of sp³-hybridized carbons (Fsp3) is 0.133. The smallest absolute Gasteiger partial charge is 0.204 e. The minimum absolute atomic E-state index is 0.882.